The summed E-state index contributed by atoms with van der Waals surface area (Å²) in [6.07, 6.45) is 7.87. The third-order valence-electron chi connectivity index (χ3n) is 5.47. The van der Waals surface area contributed by atoms with Gasteiger partial charge < -0.3 is 4.74 Å². The molecule has 0 unspecified atom stereocenters. The summed E-state index contributed by atoms with van der Waals surface area (Å²) in [6, 6.07) is 0. The molecule has 0 aromatic carbocycles. The summed E-state index contributed by atoms with van der Waals surface area (Å²) in [5.74, 6) is 3.02. The van der Waals surface area contributed by atoms with Crippen LogP contribution in [0.25, 0.3) is 0 Å². The van der Waals surface area contributed by atoms with Crippen molar-refractivity contribution >= 4 is 0 Å². The lowest BCUT2D eigenvalue weighted by atomic mass is 9.61. The second-order valence-electron chi connectivity index (χ2n) is 6.35. The molecule has 90 valence electrons. The molecule has 1 spiro atoms. The van der Waals surface area contributed by atoms with E-state index in [0.717, 1.165) is 18.4 Å². The molecule has 1 heteroatoms. The van der Waals surface area contributed by atoms with E-state index in [0.29, 0.717) is 11.8 Å². The van der Waals surface area contributed by atoms with Gasteiger partial charge in [0.1, 0.15) is 0 Å². The van der Waals surface area contributed by atoms with Crippen LogP contribution < -0.4 is 0 Å². The van der Waals surface area contributed by atoms with Crippen molar-refractivity contribution in [2.45, 2.75) is 52.1 Å². The Kier molecular flexibility index (Phi) is 2.43. The van der Waals surface area contributed by atoms with E-state index in [4.69, 9.17) is 4.74 Å². The van der Waals surface area contributed by atoms with Gasteiger partial charge in [-0.2, -0.15) is 0 Å². The first-order valence-electron chi connectivity index (χ1n) is 6.96. The molecule has 3 aliphatic rings. The first-order valence-corrected chi connectivity index (χ1v) is 6.96. The molecule has 4 atom stereocenters. The third kappa shape index (κ3) is 1.33. The van der Waals surface area contributed by atoms with Crippen molar-refractivity contribution < 1.29 is 4.74 Å². The van der Waals surface area contributed by atoms with Gasteiger partial charge in [-0.25, -0.2) is 0 Å². The van der Waals surface area contributed by atoms with Gasteiger partial charge >= 0.3 is 0 Å². The fourth-order valence-corrected chi connectivity index (χ4v) is 4.76. The Morgan fingerprint density at radius 3 is 2.62 bits per heavy atom. The molecule has 1 nitrogen and oxygen atoms in total. The Bertz CT molecular complexity index is 311. The summed E-state index contributed by atoms with van der Waals surface area (Å²) in [5.41, 5.74) is 1.84. The fourth-order valence-electron chi connectivity index (χ4n) is 4.76. The Hall–Kier alpha value is -0.300. The van der Waals surface area contributed by atoms with Gasteiger partial charge in [-0.05, 0) is 37.5 Å². The summed E-state index contributed by atoms with van der Waals surface area (Å²) < 4.78 is 6.36. The summed E-state index contributed by atoms with van der Waals surface area (Å²) in [7, 11) is 0. The summed E-state index contributed by atoms with van der Waals surface area (Å²) in [5, 5.41) is 0. The van der Waals surface area contributed by atoms with Crippen LogP contribution in [0, 0.1) is 23.7 Å². The largest absolute Gasteiger partial charge is 0.374 e. The molecule has 0 aromatic heterocycles. The minimum absolute atomic E-state index is 0.233. The zero-order valence-corrected chi connectivity index (χ0v) is 10.8. The van der Waals surface area contributed by atoms with Gasteiger partial charge in [0, 0.05) is 5.92 Å². The molecule has 1 saturated heterocycles. The van der Waals surface area contributed by atoms with Gasteiger partial charge in [0.2, 0.25) is 0 Å². The highest BCUT2D eigenvalue weighted by atomic mass is 16.5. The van der Waals surface area contributed by atoms with Crippen LogP contribution in [0.4, 0.5) is 0 Å². The van der Waals surface area contributed by atoms with Crippen LogP contribution in [0.2, 0.25) is 0 Å². The molecule has 0 N–H and O–H groups in total. The highest BCUT2D eigenvalue weighted by Gasteiger charge is 2.52. The quantitative estimate of drug-likeness (QED) is 0.564. The Balaban J connectivity index is 1.99. The molecule has 1 aliphatic heterocycles. The average Bonchev–Trinajstić information content (AvgIpc) is 2.65. The molecule has 2 fully saturated rings. The van der Waals surface area contributed by atoms with E-state index in [2.05, 4.69) is 26.8 Å². The van der Waals surface area contributed by atoms with Crippen molar-refractivity contribution in [1.29, 1.82) is 0 Å². The normalized spacial score (nSPS) is 45.8. The van der Waals surface area contributed by atoms with Crippen molar-refractivity contribution in [2.75, 3.05) is 6.61 Å². The fraction of sp³-hybridized carbons (Fsp3) is 0.867. The predicted octanol–water partition coefficient (Wildman–Crippen LogP) is 3.79. The maximum absolute atomic E-state index is 6.36. The van der Waals surface area contributed by atoms with E-state index in [1.54, 1.807) is 5.57 Å². The molecule has 3 rings (SSSR count). The maximum Gasteiger partial charge on any atom is 0.0750 e. The van der Waals surface area contributed by atoms with Gasteiger partial charge in [0.15, 0.2) is 0 Å². The van der Waals surface area contributed by atoms with Gasteiger partial charge in [-0.3, -0.25) is 0 Å². The monoisotopic (exact) mass is 220 g/mol. The zero-order chi connectivity index (χ0) is 11.3. The number of allylic oxidation sites excluding steroid dienone is 1. The third-order valence-corrected chi connectivity index (χ3v) is 5.47. The first kappa shape index (κ1) is 10.8. The average molecular weight is 220 g/mol. The summed E-state index contributed by atoms with van der Waals surface area (Å²) >= 11 is 0. The van der Waals surface area contributed by atoms with Crippen molar-refractivity contribution in [3.8, 4) is 0 Å². The molecule has 0 amide bonds. The van der Waals surface area contributed by atoms with Crippen LogP contribution in [0.1, 0.15) is 46.5 Å². The molecule has 1 saturated carbocycles. The Labute approximate surface area is 99.3 Å². The van der Waals surface area contributed by atoms with Crippen molar-refractivity contribution in [1.82, 2.24) is 0 Å². The van der Waals surface area contributed by atoms with Gasteiger partial charge in [-0.1, -0.05) is 38.3 Å². The number of hydrogen-bond donors (Lipinski definition) is 0. The highest BCUT2D eigenvalue weighted by Crippen LogP contribution is 2.54. The van der Waals surface area contributed by atoms with E-state index in [9.17, 15) is 0 Å². The zero-order valence-electron chi connectivity index (χ0n) is 10.8. The van der Waals surface area contributed by atoms with E-state index in [1.165, 1.54) is 25.7 Å². The molecule has 16 heavy (non-hydrogen) atoms. The number of ether oxygens (including phenoxy) is 1. The van der Waals surface area contributed by atoms with E-state index in [-0.39, 0.29) is 5.60 Å². The minimum atomic E-state index is 0.233. The lowest BCUT2D eigenvalue weighted by Crippen LogP contribution is -2.53. The maximum atomic E-state index is 6.36. The minimum Gasteiger partial charge on any atom is -0.374 e. The highest BCUT2D eigenvalue weighted by molar-refractivity contribution is 5.21. The van der Waals surface area contributed by atoms with Crippen LogP contribution in [0.15, 0.2) is 11.6 Å². The molecule has 0 radical (unpaired) electrons. The van der Waals surface area contributed by atoms with Crippen LogP contribution in [-0.2, 0) is 4.74 Å². The Morgan fingerprint density at radius 1 is 1.25 bits per heavy atom. The van der Waals surface area contributed by atoms with Gasteiger partial charge in [0.25, 0.3) is 0 Å². The SMILES string of the molecule is CC1=C[C@@H](C)[C@H]2COC3(CCCC3)[C@H]1[C@H]2C. The number of rotatable bonds is 0. The standard InChI is InChI=1S/C15H24O/c1-10-8-11(2)14-12(3)13(10)9-16-15(14)6-4-5-7-15/h8,10,12-14H,4-7,9H2,1-3H3/t10-,12+,13-,14-/m1/s1. The molecule has 1 heterocycles. The molecule has 2 bridgehead atoms. The predicted molar refractivity (Wildman–Crippen MR) is 66.2 cm³/mol. The van der Waals surface area contributed by atoms with Gasteiger partial charge in [0.05, 0.1) is 12.2 Å². The summed E-state index contributed by atoms with van der Waals surface area (Å²) in [6.45, 7) is 8.16. The van der Waals surface area contributed by atoms with E-state index < -0.39 is 0 Å². The lowest BCUT2D eigenvalue weighted by Gasteiger charge is -2.53. The van der Waals surface area contributed by atoms with Crippen LogP contribution in [0.3, 0.4) is 0 Å². The topological polar surface area (TPSA) is 9.23 Å². The molecule has 0 aromatic rings. The summed E-state index contributed by atoms with van der Waals surface area (Å²) in [4.78, 5) is 0. The first-order chi connectivity index (χ1) is 7.64. The second kappa shape index (κ2) is 3.60. The van der Waals surface area contributed by atoms with Crippen molar-refractivity contribution in [3.63, 3.8) is 0 Å². The molecule has 2 aliphatic carbocycles. The van der Waals surface area contributed by atoms with Crippen LogP contribution in [0.5, 0.6) is 0 Å². The van der Waals surface area contributed by atoms with E-state index in [1.807, 2.05) is 0 Å². The number of hydrogen-bond acceptors (Lipinski definition) is 1. The van der Waals surface area contributed by atoms with Crippen molar-refractivity contribution in [3.05, 3.63) is 11.6 Å². The number of fused-ring (bicyclic) bond motifs is 3. The molecular formula is C15H24O. The van der Waals surface area contributed by atoms with E-state index >= 15 is 0 Å². The van der Waals surface area contributed by atoms with Gasteiger partial charge in [-0.15, -0.1) is 0 Å². The molecular weight excluding hydrogens is 196 g/mol. The van der Waals surface area contributed by atoms with Crippen molar-refractivity contribution in [2.24, 2.45) is 23.7 Å². The second-order valence-corrected chi connectivity index (χ2v) is 6.35. The lowest BCUT2D eigenvalue weighted by molar-refractivity contribution is -0.160. The smallest absolute Gasteiger partial charge is 0.0750 e. The van der Waals surface area contributed by atoms with Crippen LogP contribution >= 0.6 is 0 Å². The van der Waals surface area contributed by atoms with Crippen LogP contribution in [-0.4, -0.2) is 12.2 Å². The Morgan fingerprint density at radius 2 is 1.94 bits per heavy atom.